The summed E-state index contributed by atoms with van der Waals surface area (Å²) >= 11 is 0. The summed E-state index contributed by atoms with van der Waals surface area (Å²) in [6, 6.07) is 0.408. The largest absolute Gasteiger partial charge is 0.341 e. The number of amides is 1. The van der Waals surface area contributed by atoms with E-state index in [0.717, 1.165) is 32.4 Å². The van der Waals surface area contributed by atoms with E-state index >= 15 is 0 Å². The van der Waals surface area contributed by atoms with Crippen molar-refractivity contribution < 1.29 is 4.79 Å². The predicted molar refractivity (Wildman–Crippen MR) is 62.7 cm³/mol. The van der Waals surface area contributed by atoms with Gasteiger partial charge < -0.3 is 10.2 Å². The monoisotopic (exact) mass is 212 g/mol. The van der Waals surface area contributed by atoms with Crippen LogP contribution in [0.4, 0.5) is 0 Å². The van der Waals surface area contributed by atoms with E-state index in [-0.39, 0.29) is 5.92 Å². The molecule has 1 fully saturated rings. The van der Waals surface area contributed by atoms with E-state index in [4.69, 9.17) is 0 Å². The number of nitrogens with one attached hydrogen (secondary N) is 1. The molecule has 0 saturated carbocycles. The lowest BCUT2D eigenvalue weighted by Crippen LogP contribution is -2.48. The van der Waals surface area contributed by atoms with Crippen molar-refractivity contribution in [3.63, 3.8) is 0 Å². The minimum atomic E-state index is 0.182. The standard InChI is InChI=1S/C12H24N2O/c1-4-6-10(2)12(15)14(3)11-7-5-8-13-9-11/h10-11,13H,4-9H2,1-3H3. The molecule has 1 aliphatic heterocycles. The van der Waals surface area contributed by atoms with Gasteiger partial charge in [0, 0.05) is 25.6 Å². The van der Waals surface area contributed by atoms with E-state index in [1.165, 1.54) is 6.42 Å². The zero-order chi connectivity index (χ0) is 11.3. The average molecular weight is 212 g/mol. The van der Waals surface area contributed by atoms with Crippen LogP contribution in [0.25, 0.3) is 0 Å². The van der Waals surface area contributed by atoms with Gasteiger partial charge in [-0.2, -0.15) is 0 Å². The van der Waals surface area contributed by atoms with Crippen LogP contribution in [0.5, 0.6) is 0 Å². The fourth-order valence-electron chi connectivity index (χ4n) is 2.25. The fraction of sp³-hybridized carbons (Fsp3) is 0.917. The van der Waals surface area contributed by atoms with Gasteiger partial charge in [0.1, 0.15) is 0 Å². The van der Waals surface area contributed by atoms with Gasteiger partial charge in [-0.25, -0.2) is 0 Å². The second kappa shape index (κ2) is 6.11. The van der Waals surface area contributed by atoms with Gasteiger partial charge in [-0.1, -0.05) is 20.3 Å². The summed E-state index contributed by atoms with van der Waals surface area (Å²) in [5.74, 6) is 0.493. The van der Waals surface area contributed by atoms with Crippen molar-refractivity contribution in [2.75, 3.05) is 20.1 Å². The van der Waals surface area contributed by atoms with Crippen LogP contribution in [0, 0.1) is 5.92 Å². The van der Waals surface area contributed by atoms with E-state index in [1.807, 2.05) is 18.9 Å². The van der Waals surface area contributed by atoms with Crippen molar-refractivity contribution in [3.8, 4) is 0 Å². The number of likely N-dealkylation sites (N-methyl/N-ethyl adjacent to an activating group) is 1. The van der Waals surface area contributed by atoms with Gasteiger partial charge in [0.05, 0.1) is 0 Å². The number of rotatable bonds is 4. The number of carbonyl (C=O) groups is 1. The van der Waals surface area contributed by atoms with Crippen LogP contribution in [-0.4, -0.2) is 37.0 Å². The van der Waals surface area contributed by atoms with Crippen molar-refractivity contribution in [1.29, 1.82) is 0 Å². The number of hydrogen-bond acceptors (Lipinski definition) is 2. The van der Waals surface area contributed by atoms with Crippen LogP contribution in [0.15, 0.2) is 0 Å². The highest BCUT2D eigenvalue weighted by Gasteiger charge is 2.24. The molecule has 0 spiro atoms. The maximum absolute atomic E-state index is 12.0. The quantitative estimate of drug-likeness (QED) is 0.768. The van der Waals surface area contributed by atoms with Crippen LogP contribution >= 0.6 is 0 Å². The molecule has 1 aliphatic rings. The number of carbonyl (C=O) groups excluding carboxylic acids is 1. The van der Waals surface area contributed by atoms with Crippen LogP contribution < -0.4 is 5.32 Å². The molecule has 0 bridgehead atoms. The lowest BCUT2D eigenvalue weighted by Gasteiger charge is -2.33. The Morgan fingerprint density at radius 3 is 2.87 bits per heavy atom. The van der Waals surface area contributed by atoms with Gasteiger partial charge in [0.2, 0.25) is 5.91 Å². The molecule has 0 radical (unpaired) electrons. The third kappa shape index (κ3) is 3.49. The van der Waals surface area contributed by atoms with E-state index in [0.29, 0.717) is 11.9 Å². The molecule has 0 aromatic heterocycles. The van der Waals surface area contributed by atoms with E-state index in [1.54, 1.807) is 0 Å². The van der Waals surface area contributed by atoms with Crippen LogP contribution in [0.2, 0.25) is 0 Å². The first-order valence-corrected chi connectivity index (χ1v) is 6.14. The van der Waals surface area contributed by atoms with Gasteiger partial charge in [-0.3, -0.25) is 4.79 Å². The Morgan fingerprint density at radius 2 is 2.33 bits per heavy atom. The van der Waals surface area contributed by atoms with Gasteiger partial charge in [-0.05, 0) is 25.8 Å². The molecule has 88 valence electrons. The Kier molecular flexibility index (Phi) is 5.09. The number of piperidine rings is 1. The number of hydrogen-bond donors (Lipinski definition) is 1. The van der Waals surface area contributed by atoms with E-state index in [9.17, 15) is 4.79 Å². The van der Waals surface area contributed by atoms with Crippen molar-refractivity contribution >= 4 is 5.91 Å². The summed E-state index contributed by atoms with van der Waals surface area (Å²) in [4.78, 5) is 14.0. The van der Waals surface area contributed by atoms with Crippen molar-refractivity contribution in [1.82, 2.24) is 10.2 Å². The Morgan fingerprint density at radius 1 is 1.60 bits per heavy atom. The second-order valence-electron chi connectivity index (χ2n) is 4.64. The fourth-order valence-corrected chi connectivity index (χ4v) is 2.25. The zero-order valence-corrected chi connectivity index (χ0v) is 10.3. The zero-order valence-electron chi connectivity index (χ0n) is 10.3. The minimum absolute atomic E-state index is 0.182. The van der Waals surface area contributed by atoms with Crippen molar-refractivity contribution in [3.05, 3.63) is 0 Å². The summed E-state index contributed by atoms with van der Waals surface area (Å²) in [6.45, 7) is 6.23. The first kappa shape index (κ1) is 12.5. The topological polar surface area (TPSA) is 32.3 Å². The Bertz CT molecular complexity index is 200. The van der Waals surface area contributed by atoms with Gasteiger partial charge >= 0.3 is 0 Å². The first-order chi connectivity index (χ1) is 7.16. The summed E-state index contributed by atoms with van der Waals surface area (Å²) in [5.41, 5.74) is 0. The highest BCUT2D eigenvalue weighted by molar-refractivity contribution is 5.78. The molecule has 1 saturated heterocycles. The van der Waals surface area contributed by atoms with Gasteiger partial charge in [0.25, 0.3) is 0 Å². The molecular weight excluding hydrogens is 188 g/mol. The summed E-state index contributed by atoms with van der Waals surface area (Å²) in [5, 5.41) is 3.35. The van der Waals surface area contributed by atoms with Crippen molar-refractivity contribution in [2.45, 2.75) is 45.6 Å². The van der Waals surface area contributed by atoms with Gasteiger partial charge in [0.15, 0.2) is 0 Å². The molecule has 1 rings (SSSR count). The first-order valence-electron chi connectivity index (χ1n) is 6.14. The molecule has 0 aromatic carbocycles. The van der Waals surface area contributed by atoms with E-state index in [2.05, 4.69) is 12.2 Å². The summed E-state index contributed by atoms with van der Waals surface area (Å²) < 4.78 is 0. The molecule has 2 unspecified atom stereocenters. The summed E-state index contributed by atoms with van der Waals surface area (Å²) in [7, 11) is 1.95. The summed E-state index contributed by atoms with van der Waals surface area (Å²) in [6.07, 6.45) is 4.42. The molecule has 0 aliphatic carbocycles. The molecule has 0 aromatic rings. The molecule has 1 heterocycles. The normalized spacial score (nSPS) is 23.5. The minimum Gasteiger partial charge on any atom is -0.341 e. The van der Waals surface area contributed by atoms with Gasteiger partial charge in [-0.15, -0.1) is 0 Å². The molecule has 2 atom stereocenters. The second-order valence-corrected chi connectivity index (χ2v) is 4.64. The van der Waals surface area contributed by atoms with Crippen LogP contribution in [0.3, 0.4) is 0 Å². The lowest BCUT2D eigenvalue weighted by atomic mass is 10.0. The SMILES string of the molecule is CCCC(C)C(=O)N(C)C1CCCNC1. The molecule has 1 amide bonds. The molecule has 3 heteroatoms. The smallest absolute Gasteiger partial charge is 0.225 e. The molecular formula is C12H24N2O. The maximum Gasteiger partial charge on any atom is 0.225 e. The Hall–Kier alpha value is -0.570. The van der Waals surface area contributed by atoms with Crippen LogP contribution in [0.1, 0.15) is 39.5 Å². The molecule has 3 nitrogen and oxygen atoms in total. The van der Waals surface area contributed by atoms with E-state index < -0.39 is 0 Å². The predicted octanol–water partition coefficient (Wildman–Crippen LogP) is 1.63. The number of nitrogens with zero attached hydrogens (tertiary/aromatic N) is 1. The molecule has 1 N–H and O–H groups in total. The average Bonchev–Trinajstić information content (AvgIpc) is 2.28. The molecule has 15 heavy (non-hydrogen) atoms. The third-order valence-corrected chi connectivity index (χ3v) is 3.31. The highest BCUT2D eigenvalue weighted by atomic mass is 16.2. The Balaban J connectivity index is 2.43. The van der Waals surface area contributed by atoms with Crippen molar-refractivity contribution in [2.24, 2.45) is 5.92 Å². The Labute approximate surface area is 93.2 Å². The maximum atomic E-state index is 12.0. The van der Waals surface area contributed by atoms with Crippen LogP contribution in [-0.2, 0) is 4.79 Å². The third-order valence-electron chi connectivity index (χ3n) is 3.31. The highest BCUT2D eigenvalue weighted by Crippen LogP contribution is 2.14. The lowest BCUT2D eigenvalue weighted by molar-refractivity contribution is -0.136.